The van der Waals surface area contributed by atoms with E-state index in [1.165, 1.54) is 18.2 Å². The summed E-state index contributed by atoms with van der Waals surface area (Å²) in [4.78, 5) is 35.2. The lowest BCUT2D eigenvalue weighted by Gasteiger charge is -2.27. The van der Waals surface area contributed by atoms with Crippen LogP contribution in [0.5, 0.6) is 0 Å². The summed E-state index contributed by atoms with van der Waals surface area (Å²) in [5, 5.41) is 13.8. The van der Waals surface area contributed by atoms with Crippen molar-refractivity contribution in [3.05, 3.63) is 35.4 Å². The van der Waals surface area contributed by atoms with Crippen molar-refractivity contribution in [2.45, 2.75) is 66.2 Å². The zero-order valence-corrected chi connectivity index (χ0v) is 21.8. The highest BCUT2D eigenvalue weighted by Crippen LogP contribution is 2.30. The average molecular weight is 480 g/mol. The normalized spacial score (nSPS) is 14.9. The first-order valence-electron chi connectivity index (χ1n) is 12.1. The summed E-state index contributed by atoms with van der Waals surface area (Å²) >= 11 is 0. The fourth-order valence-corrected chi connectivity index (χ4v) is 3.53. The summed E-state index contributed by atoms with van der Waals surface area (Å²) in [5.41, 5.74) is 4.21. The number of methoxy groups -OCH3 is 1. The van der Waals surface area contributed by atoms with Gasteiger partial charge in [0, 0.05) is 33.1 Å². The largest absolute Gasteiger partial charge is 0.385 e. The van der Waals surface area contributed by atoms with E-state index in [-0.39, 0.29) is 30.7 Å². The lowest BCUT2D eigenvalue weighted by atomic mass is 9.78. The first-order valence-corrected chi connectivity index (χ1v) is 12.1. The standard InChI is InChI=1S/C18H25N3O4.C4H10O.C4H10/c1-19-17(23)11-20-18(24)15(10-16(22)21-25)9-12-6-7-13-4-2-3-5-14(13)8-12;1-3-4-5-2;1-4(2)3/h2-5,12,15,25H,6-11H2,1H3,(H,19,23)(H,20,24)(H,21,22);3-4H2,1-2H3;4H,1-3H3. The lowest BCUT2D eigenvalue weighted by Crippen LogP contribution is -2.40. The highest BCUT2D eigenvalue weighted by atomic mass is 16.5. The van der Waals surface area contributed by atoms with Crippen LogP contribution in [0.2, 0.25) is 0 Å². The molecule has 8 nitrogen and oxygen atoms in total. The van der Waals surface area contributed by atoms with E-state index in [1.54, 1.807) is 12.6 Å². The maximum Gasteiger partial charge on any atom is 0.244 e. The van der Waals surface area contributed by atoms with E-state index in [0.29, 0.717) is 6.42 Å². The van der Waals surface area contributed by atoms with Crippen LogP contribution in [0, 0.1) is 17.8 Å². The number of nitrogens with one attached hydrogen (secondary N) is 3. The minimum atomic E-state index is -0.601. The summed E-state index contributed by atoms with van der Waals surface area (Å²) in [6, 6.07) is 8.26. The van der Waals surface area contributed by atoms with Gasteiger partial charge in [0.1, 0.15) is 0 Å². The maximum atomic E-state index is 12.4. The summed E-state index contributed by atoms with van der Waals surface area (Å²) in [7, 11) is 3.20. The summed E-state index contributed by atoms with van der Waals surface area (Å²) in [6.07, 6.45) is 4.35. The third-order valence-corrected chi connectivity index (χ3v) is 5.10. The van der Waals surface area contributed by atoms with Crippen LogP contribution in [0.1, 0.15) is 64.5 Å². The molecule has 34 heavy (non-hydrogen) atoms. The van der Waals surface area contributed by atoms with Gasteiger partial charge in [0.15, 0.2) is 0 Å². The Hall–Kier alpha value is -2.45. The number of ether oxygens (including phenoxy) is 1. The number of amides is 3. The minimum Gasteiger partial charge on any atom is -0.385 e. The molecular weight excluding hydrogens is 434 g/mol. The van der Waals surface area contributed by atoms with Gasteiger partial charge in [0.2, 0.25) is 17.7 Å². The van der Waals surface area contributed by atoms with E-state index < -0.39 is 11.8 Å². The third kappa shape index (κ3) is 14.6. The summed E-state index contributed by atoms with van der Waals surface area (Å²) < 4.78 is 4.69. The van der Waals surface area contributed by atoms with Crippen molar-refractivity contribution in [1.29, 1.82) is 0 Å². The predicted molar refractivity (Wildman–Crippen MR) is 134 cm³/mol. The quantitative estimate of drug-likeness (QED) is 0.320. The Morgan fingerprint density at radius 1 is 1.12 bits per heavy atom. The molecule has 0 saturated carbocycles. The van der Waals surface area contributed by atoms with E-state index in [1.807, 2.05) is 12.1 Å². The Balaban J connectivity index is 0.00000103. The average Bonchev–Trinajstić information content (AvgIpc) is 2.82. The second-order valence-electron chi connectivity index (χ2n) is 9.17. The number of rotatable bonds is 9. The number of carbonyl (C=O) groups is 3. The molecule has 0 aromatic heterocycles. The van der Waals surface area contributed by atoms with Gasteiger partial charge in [-0.05, 0) is 55.1 Å². The number of hydrogen-bond donors (Lipinski definition) is 4. The number of carbonyl (C=O) groups excluding carboxylic acids is 3. The zero-order valence-electron chi connectivity index (χ0n) is 21.8. The van der Waals surface area contributed by atoms with Crippen LogP contribution in [-0.4, -0.2) is 50.2 Å². The molecule has 1 aromatic rings. The van der Waals surface area contributed by atoms with Crippen molar-refractivity contribution < 1.29 is 24.3 Å². The highest BCUT2D eigenvalue weighted by molar-refractivity contribution is 5.88. The van der Waals surface area contributed by atoms with Crippen molar-refractivity contribution in [3.8, 4) is 0 Å². The van der Waals surface area contributed by atoms with Gasteiger partial charge in [-0.2, -0.15) is 0 Å². The molecule has 0 bridgehead atoms. The van der Waals surface area contributed by atoms with Gasteiger partial charge < -0.3 is 15.4 Å². The molecule has 0 spiro atoms. The van der Waals surface area contributed by atoms with Crippen molar-refractivity contribution in [2.24, 2.45) is 17.8 Å². The number of likely N-dealkylation sites (N-methyl/N-ethyl adjacent to an activating group) is 1. The molecular formula is C26H45N3O5. The Morgan fingerprint density at radius 2 is 1.74 bits per heavy atom. The van der Waals surface area contributed by atoms with E-state index in [2.05, 4.69) is 50.5 Å². The molecule has 0 heterocycles. The van der Waals surface area contributed by atoms with Gasteiger partial charge in [-0.25, -0.2) is 5.48 Å². The van der Waals surface area contributed by atoms with Crippen molar-refractivity contribution in [3.63, 3.8) is 0 Å². The molecule has 0 radical (unpaired) electrons. The molecule has 0 aliphatic heterocycles. The molecule has 4 N–H and O–H groups in total. The van der Waals surface area contributed by atoms with Crippen molar-refractivity contribution in [1.82, 2.24) is 16.1 Å². The molecule has 8 heteroatoms. The van der Waals surface area contributed by atoms with Crippen LogP contribution in [0.25, 0.3) is 0 Å². The topological polar surface area (TPSA) is 117 Å². The van der Waals surface area contributed by atoms with Crippen LogP contribution < -0.4 is 16.1 Å². The van der Waals surface area contributed by atoms with Gasteiger partial charge >= 0.3 is 0 Å². The highest BCUT2D eigenvalue weighted by Gasteiger charge is 2.28. The van der Waals surface area contributed by atoms with E-state index >= 15 is 0 Å². The number of fused-ring (bicyclic) bond motifs is 1. The van der Waals surface area contributed by atoms with Crippen LogP contribution in [0.3, 0.4) is 0 Å². The molecule has 0 fully saturated rings. The van der Waals surface area contributed by atoms with Crippen molar-refractivity contribution >= 4 is 17.7 Å². The number of hydroxylamine groups is 1. The van der Waals surface area contributed by atoms with E-state index in [9.17, 15) is 14.4 Å². The van der Waals surface area contributed by atoms with Gasteiger partial charge in [0.05, 0.1) is 6.54 Å². The molecule has 194 valence electrons. The molecule has 2 rings (SSSR count). The smallest absolute Gasteiger partial charge is 0.244 e. The Labute approximate surface area is 205 Å². The maximum absolute atomic E-state index is 12.4. The monoisotopic (exact) mass is 479 g/mol. The van der Waals surface area contributed by atoms with Gasteiger partial charge in [-0.3, -0.25) is 19.6 Å². The molecule has 3 amide bonds. The minimum absolute atomic E-state index is 0.103. The lowest BCUT2D eigenvalue weighted by molar-refractivity contribution is -0.135. The Bertz CT molecular complexity index is 719. The van der Waals surface area contributed by atoms with E-state index in [0.717, 1.165) is 38.2 Å². The molecule has 1 aliphatic carbocycles. The second kappa shape index (κ2) is 18.9. The molecule has 1 aromatic carbocycles. The number of aryl methyl sites for hydroxylation is 1. The van der Waals surface area contributed by atoms with Crippen LogP contribution in [0.15, 0.2) is 24.3 Å². The first kappa shape index (κ1) is 31.6. The zero-order chi connectivity index (χ0) is 25.9. The molecule has 0 saturated heterocycles. The fraction of sp³-hybridized carbons (Fsp3) is 0.654. The molecule has 1 aliphatic rings. The van der Waals surface area contributed by atoms with Gasteiger partial charge in [-0.15, -0.1) is 0 Å². The summed E-state index contributed by atoms with van der Waals surface area (Å²) in [5.74, 6) is -0.697. The molecule has 2 atom stereocenters. The molecule has 2 unspecified atom stereocenters. The van der Waals surface area contributed by atoms with Crippen LogP contribution >= 0.6 is 0 Å². The fourth-order valence-electron chi connectivity index (χ4n) is 3.53. The van der Waals surface area contributed by atoms with Gasteiger partial charge in [-0.1, -0.05) is 52.0 Å². The Kier molecular flexibility index (Phi) is 17.6. The van der Waals surface area contributed by atoms with Crippen LogP contribution in [-0.2, 0) is 32.0 Å². The number of benzene rings is 1. The van der Waals surface area contributed by atoms with Crippen LogP contribution in [0.4, 0.5) is 0 Å². The Morgan fingerprint density at radius 3 is 2.24 bits per heavy atom. The van der Waals surface area contributed by atoms with Gasteiger partial charge in [0.25, 0.3) is 0 Å². The van der Waals surface area contributed by atoms with E-state index in [4.69, 9.17) is 9.94 Å². The predicted octanol–water partition coefficient (Wildman–Crippen LogP) is 3.26. The summed E-state index contributed by atoms with van der Waals surface area (Å²) in [6.45, 7) is 9.35. The third-order valence-electron chi connectivity index (χ3n) is 5.10. The second-order valence-corrected chi connectivity index (χ2v) is 9.17. The SMILES string of the molecule is CC(C)C.CCCOC.CNC(=O)CNC(=O)C(CC(=O)NO)CC1CCc2ccccc2C1. The van der Waals surface area contributed by atoms with Crippen molar-refractivity contribution in [2.75, 3.05) is 27.3 Å². The number of hydrogen-bond acceptors (Lipinski definition) is 5. The first-order chi connectivity index (χ1) is 16.2.